The first kappa shape index (κ1) is 24.6. The number of carbonyl (C=O) groups is 2. The molecule has 2 N–H and O–H groups in total. The third kappa shape index (κ3) is 6.51. The molecular formula is C25H19Cl2N3O4. The van der Waals surface area contributed by atoms with Crippen molar-refractivity contribution in [3.63, 3.8) is 0 Å². The fraction of sp³-hybridized carbons (Fsp3) is 0.0800. The Morgan fingerprint density at radius 2 is 1.68 bits per heavy atom. The molecule has 0 aliphatic carbocycles. The molecule has 0 radical (unpaired) electrons. The quantitative estimate of drug-likeness (QED) is 0.314. The molecule has 0 saturated heterocycles. The van der Waals surface area contributed by atoms with E-state index in [1.165, 1.54) is 19.3 Å². The zero-order chi connectivity index (χ0) is 24.5. The van der Waals surface area contributed by atoms with Crippen molar-refractivity contribution in [3.05, 3.63) is 87.9 Å². The average Bonchev–Trinajstić information content (AvgIpc) is 2.83. The molecule has 0 unspecified atom stereocenters. The number of ether oxygens (including phenoxy) is 2. The third-order valence-electron chi connectivity index (χ3n) is 4.50. The van der Waals surface area contributed by atoms with E-state index in [0.717, 1.165) is 0 Å². The second-order valence-corrected chi connectivity index (χ2v) is 7.67. The standard InChI is InChI=1S/C25H19Cl2N3O4/c1-33-23-9-5-4-8-21(23)29-24(31)15-34-22-11-10-18(26)13-16(22)12-17(14-28)25(32)30-20-7-3-2-6-19(20)27/h2-13H,15H2,1H3,(H,29,31)(H,30,32)/b17-12+. The number of methoxy groups -OCH3 is 1. The van der Waals surface area contributed by atoms with E-state index in [-0.39, 0.29) is 17.9 Å². The summed E-state index contributed by atoms with van der Waals surface area (Å²) < 4.78 is 10.9. The number of anilines is 2. The van der Waals surface area contributed by atoms with Gasteiger partial charge in [0.25, 0.3) is 11.8 Å². The highest BCUT2D eigenvalue weighted by molar-refractivity contribution is 6.34. The van der Waals surface area contributed by atoms with Gasteiger partial charge in [-0.25, -0.2) is 0 Å². The molecule has 172 valence electrons. The first-order valence-corrected chi connectivity index (χ1v) is 10.7. The van der Waals surface area contributed by atoms with Crippen molar-refractivity contribution in [1.29, 1.82) is 5.26 Å². The number of amides is 2. The molecule has 0 aliphatic heterocycles. The number of nitrogens with zero attached hydrogens (tertiary/aromatic N) is 1. The van der Waals surface area contributed by atoms with Gasteiger partial charge in [-0.3, -0.25) is 9.59 Å². The molecule has 0 aliphatic rings. The van der Waals surface area contributed by atoms with Crippen LogP contribution in [0, 0.1) is 11.3 Å². The molecule has 3 aromatic rings. The molecule has 0 heterocycles. The monoisotopic (exact) mass is 495 g/mol. The summed E-state index contributed by atoms with van der Waals surface area (Å²) in [6.45, 7) is -0.325. The molecule has 7 nitrogen and oxygen atoms in total. The summed E-state index contributed by atoms with van der Waals surface area (Å²) in [5.74, 6) is -0.311. The number of hydrogen-bond donors (Lipinski definition) is 2. The van der Waals surface area contributed by atoms with Crippen LogP contribution in [-0.2, 0) is 9.59 Å². The summed E-state index contributed by atoms with van der Waals surface area (Å²) in [5, 5.41) is 15.5. The summed E-state index contributed by atoms with van der Waals surface area (Å²) in [6, 6.07) is 20.1. The highest BCUT2D eigenvalue weighted by Gasteiger charge is 2.14. The number of para-hydroxylation sites is 3. The smallest absolute Gasteiger partial charge is 0.266 e. The highest BCUT2D eigenvalue weighted by Crippen LogP contribution is 2.27. The number of carbonyl (C=O) groups excluding carboxylic acids is 2. The van der Waals surface area contributed by atoms with Gasteiger partial charge in [0.15, 0.2) is 6.61 Å². The number of benzene rings is 3. The molecule has 9 heteroatoms. The molecule has 3 rings (SSSR count). The van der Waals surface area contributed by atoms with E-state index >= 15 is 0 Å². The number of halogens is 2. The molecule has 0 saturated carbocycles. The Bertz CT molecular complexity index is 1290. The SMILES string of the molecule is COc1ccccc1NC(=O)COc1ccc(Cl)cc1/C=C(\C#N)C(=O)Nc1ccccc1Cl. The number of nitrogens with one attached hydrogen (secondary N) is 2. The molecule has 34 heavy (non-hydrogen) atoms. The van der Waals surface area contributed by atoms with E-state index in [4.69, 9.17) is 32.7 Å². The van der Waals surface area contributed by atoms with Crippen LogP contribution in [0.25, 0.3) is 6.08 Å². The lowest BCUT2D eigenvalue weighted by atomic mass is 10.1. The maximum Gasteiger partial charge on any atom is 0.266 e. The fourth-order valence-electron chi connectivity index (χ4n) is 2.90. The second kappa shape index (κ2) is 11.8. The molecule has 0 aromatic heterocycles. The van der Waals surface area contributed by atoms with Crippen LogP contribution in [0.4, 0.5) is 11.4 Å². The van der Waals surface area contributed by atoms with Gasteiger partial charge in [0.2, 0.25) is 0 Å². The lowest BCUT2D eigenvalue weighted by Crippen LogP contribution is -2.20. The lowest BCUT2D eigenvalue weighted by Gasteiger charge is -2.12. The molecule has 2 amide bonds. The zero-order valence-corrected chi connectivity index (χ0v) is 19.5. The Kier molecular flexibility index (Phi) is 8.52. The summed E-state index contributed by atoms with van der Waals surface area (Å²) >= 11 is 12.2. The molecule has 0 bridgehead atoms. The first-order chi connectivity index (χ1) is 16.4. The first-order valence-electron chi connectivity index (χ1n) is 9.94. The van der Waals surface area contributed by atoms with Gasteiger partial charge in [-0.05, 0) is 48.5 Å². The van der Waals surface area contributed by atoms with Gasteiger partial charge in [-0.2, -0.15) is 5.26 Å². The van der Waals surface area contributed by atoms with Crippen molar-refractivity contribution < 1.29 is 19.1 Å². The van der Waals surface area contributed by atoms with E-state index in [9.17, 15) is 14.9 Å². The highest BCUT2D eigenvalue weighted by atomic mass is 35.5. The summed E-state index contributed by atoms with van der Waals surface area (Å²) in [7, 11) is 1.50. The summed E-state index contributed by atoms with van der Waals surface area (Å²) in [4.78, 5) is 25.0. The lowest BCUT2D eigenvalue weighted by molar-refractivity contribution is -0.118. The van der Waals surface area contributed by atoms with Crippen LogP contribution in [0.2, 0.25) is 10.0 Å². The van der Waals surface area contributed by atoms with Crippen molar-refractivity contribution >= 4 is 52.5 Å². The third-order valence-corrected chi connectivity index (χ3v) is 5.06. The van der Waals surface area contributed by atoms with Crippen molar-refractivity contribution in [2.75, 3.05) is 24.4 Å². The van der Waals surface area contributed by atoms with Gasteiger partial charge in [0.1, 0.15) is 23.1 Å². The van der Waals surface area contributed by atoms with Gasteiger partial charge in [0.05, 0.1) is 23.5 Å². The molecule has 0 spiro atoms. The fourth-order valence-corrected chi connectivity index (χ4v) is 3.26. The largest absolute Gasteiger partial charge is 0.495 e. The summed E-state index contributed by atoms with van der Waals surface area (Å²) in [6.07, 6.45) is 1.32. The Morgan fingerprint density at radius 1 is 0.971 bits per heavy atom. The minimum Gasteiger partial charge on any atom is -0.495 e. The van der Waals surface area contributed by atoms with Gasteiger partial charge in [-0.1, -0.05) is 47.5 Å². The van der Waals surface area contributed by atoms with Crippen LogP contribution in [-0.4, -0.2) is 25.5 Å². The van der Waals surface area contributed by atoms with Crippen molar-refractivity contribution in [3.8, 4) is 17.6 Å². The minimum atomic E-state index is -0.657. The van der Waals surface area contributed by atoms with E-state index < -0.39 is 11.8 Å². The Balaban J connectivity index is 1.76. The summed E-state index contributed by atoms with van der Waals surface area (Å²) in [5.41, 5.74) is 1.01. The molecule has 0 fully saturated rings. The van der Waals surface area contributed by atoms with E-state index in [0.29, 0.717) is 32.7 Å². The predicted octanol–water partition coefficient (Wildman–Crippen LogP) is 5.57. The maximum atomic E-state index is 12.6. The number of nitriles is 1. The van der Waals surface area contributed by atoms with Crippen LogP contribution in [0.5, 0.6) is 11.5 Å². The van der Waals surface area contributed by atoms with Gasteiger partial charge in [0, 0.05) is 10.6 Å². The topological polar surface area (TPSA) is 100 Å². The normalized spacial score (nSPS) is 10.7. The van der Waals surface area contributed by atoms with Crippen molar-refractivity contribution in [1.82, 2.24) is 0 Å². The van der Waals surface area contributed by atoms with E-state index in [2.05, 4.69) is 10.6 Å². The molecular weight excluding hydrogens is 477 g/mol. The zero-order valence-electron chi connectivity index (χ0n) is 18.0. The van der Waals surface area contributed by atoms with Crippen molar-refractivity contribution in [2.24, 2.45) is 0 Å². The average molecular weight is 496 g/mol. The maximum absolute atomic E-state index is 12.6. The van der Waals surface area contributed by atoms with Crippen LogP contribution < -0.4 is 20.1 Å². The van der Waals surface area contributed by atoms with Crippen LogP contribution in [0.3, 0.4) is 0 Å². The molecule has 0 atom stereocenters. The van der Waals surface area contributed by atoms with Gasteiger partial charge < -0.3 is 20.1 Å². The molecule has 3 aromatic carbocycles. The predicted molar refractivity (Wildman–Crippen MR) is 132 cm³/mol. The number of rotatable bonds is 8. The van der Waals surface area contributed by atoms with Crippen LogP contribution >= 0.6 is 23.2 Å². The van der Waals surface area contributed by atoms with Crippen LogP contribution in [0.1, 0.15) is 5.56 Å². The van der Waals surface area contributed by atoms with Gasteiger partial charge >= 0.3 is 0 Å². The minimum absolute atomic E-state index is 0.203. The van der Waals surface area contributed by atoms with E-state index in [1.54, 1.807) is 60.7 Å². The second-order valence-electron chi connectivity index (χ2n) is 6.82. The van der Waals surface area contributed by atoms with Crippen LogP contribution in [0.15, 0.2) is 72.3 Å². The van der Waals surface area contributed by atoms with Crippen molar-refractivity contribution in [2.45, 2.75) is 0 Å². The van der Waals surface area contributed by atoms with Gasteiger partial charge in [-0.15, -0.1) is 0 Å². The van der Waals surface area contributed by atoms with E-state index in [1.807, 2.05) is 6.07 Å². The Hall–Kier alpha value is -3.99. The Labute approximate surface area is 206 Å². The number of hydrogen-bond acceptors (Lipinski definition) is 5. The Morgan fingerprint density at radius 3 is 2.38 bits per heavy atom.